The molecule has 1 aliphatic rings. The van der Waals surface area contributed by atoms with E-state index in [1.165, 1.54) is 16.4 Å². The lowest BCUT2D eigenvalue weighted by Crippen LogP contribution is -2.47. The van der Waals surface area contributed by atoms with Crippen molar-refractivity contribution in [3.63, 3.8) is 0 Å². The summed E-state index contributed by atoms with van der Waals surface area (Å²) in [6, 6.07) is 3.74. The predicted molar refractivity (Wildman–Crippen MR) is 72.3 cm³/mol. The van der Waals surface area contributed by atoms with E-state index >= 15 is 0 Å². The van der Waals surface area contributed by atoms with Crippen molar-refractivity contribution in [3.8, 4) is 0 Å². The van der Waals surface area contributed by atoms with Crippen LogP contribution < -0.4 is 5.32 Å². The Balaban J connectivity index is 2.31. The number of sulfonamides is 1. The molecule has 0 unspecified atom stereocenters. The molecule has 0 amide bonds. The van der Waals surface area contributed by atoms with Crippen LogP contribution in [0.25, 0.3) is 0 Å². The molecule has 1 atom stereocenters. The van der Waals surface area contributed by atoms with Crippen LogP contribution >= 0.6 is 11.6 Å². The molecule has 0 radical (unpaired) electrons. The Hall–Kier alpha value is -0.690. The van der Waals surface area contributed by atoms with Crippen LogP contribution in [0.1, 0.15) is 12.8 Å². The quantitative estimate of drug-likeness (QED) is 0.927. The van der Waals surface area contributed by atoms with E-state index in [9.17, 15) is 12.8 Å². The minimum atomic E-state index is -3.79. The zero-order valence-electron chi connectivity index (χ0n) is 10.6. The van der Waals surface area contributed by atoms with Gasteiger partial charge in [0.1, 0.15) is 10.7 Å². The molecule has 1 fully saturated rings. The number of halogens is 2. The van der Waals surface area contributed by atoms with Crippen LogP contribution in [0, 0.1) is 5.82 Å². The van der Waals surface area contributed by atoms with Crippen molar-refractivity contribution in [1.82, 2.24) is 9.62 Å². The van der Waals surface area contributed by atoms with E-state index in [0.29, 0.717) is 13.1 Å². The minimum Gasteiger partial charge on any atom is -0.316 e. The number of nitrogens with zero attached hydrogens (tertiary/aromatic N) is 1. The second-order valence-corrected chi connectivity index (χ2v) is 6.91. The fourth-order valence-electron chi connectivity index (χ4n) is 2.22. The van der Waals surface area contributed by atoms with Crippen molar-refractivity contribution in [2.75, 3.05) is 20.1 Å². The molecule has 0 spiro atoms. The van der Waals surface area contributed by atoms with Crippen LogP contribution in [-0.4, -0.2) is 38.9 Å². The first-order valence-electron chi connectivity index (χ1n) is 6.07. The summed E-state index contributed by atoms with van der Waals surface area (Å²) in [6.45, 7) is 0.781. The van der Waals surface area contributed by atoms with Gasteiger partial charge in [0.2, 0.25) is 10.0 Å². The molecule has 106 valence electrons. The summed E-state index contributed by atoms with van der Waals surface area (Å²) < 4.78 is 39.9. The average Bonchev–Trinajstić information content (AvgIpc) is 2.38. The first kappa shape index (κ1) is 14.7. The second kappa shape index (κ2) is 5.75. The third kappa shape index (κ3) is 3.08. The van der Waals surface area contributed by atoms with Crippen LogP contribution in [0.15, 0.2) is 23.1 Å². The highest BCUT2D eigenvalue weighted by Gasteiger charge is 2.31. The van der Waals surface area contributed by atoms with Crippen molar-refractivity contribution in [2.24, 2.45) is 0 Å². The van der Waals surface area contributed by atoms with E-state index in [1.807, 2.05) is 0 Å². The van der Waals surface area contributed by atoms with Crippen molar-refractivity contribution in [3.05, 3.63) is 29.0 Å². The van der Waals surface area contributed by atoms with Crippen LogP contribution in [0.4, 0.5) is 4.39 Å². The van der Waals surface area contributed by atoms with Gasteiger partial charge in [-0.1, -0.05) is 11.6 Å². The van der Waals surface area contributed by atoms with Gasteiger partial charge in [0.25, 0.3) is 0 Å². The van der Waals surface area contributed by atoms with E-state index in [-0.39, 0.29) is 16.0 Å². The SMILES string of the molecule is CN[C@H]1CCCN(S(=O)(=O)c2ccc(Cl)cc2F)C1. The number of nitrogens with one attached hydrogen (secondary N) is 1. The Labute approximate surface area is 117 Å². The number of rotatable bonds is 3. The topological polar surface area (TPSA) is 49.4 Å². The summed E-state index contributed by atoms with van der Waals surface area (Å²) in [6.07, 6.45) is 1.69. The Bertz CT molecular complexity index is 565. The molecule has 1 aliphatic heterocycles. The molecule has 2 rings (SSSR count). The van der Waals surface area contributed by atoms with E-state index in [0.717, 1.165) is 18.9 Å². The maximum absolute atomic E-state index is 13.8. The maximum atomic E-state index is 13.8. The third-order valence-corrected chi connectivity index (χ3v) is 5.44. The van der Waals surface area contributed by atoms with Gasteiger partial charge in [-0.15, -0.1) is 0 Å². The summed E-state index contributed by atoms with van der Waals surface area (Å²) in [5.41, 5.74) is 0. The molecule has 1 saturated heterocycles. The fraction of sp³-hybridized carbons (Fsp3) is 0.500. The zero-order valence-corrected chi connectivity index (χ0v) is 12.1. The lowest BCUT2D eigenvalue weighted by Gasteiger charge is -2.31. The summed E-state index contributed by atoms with van der Waals surface area (Å²) in [5.74, 6) is -0.806. The molecule has 1 aromatic carbocycles. The summed E-state index contributed by atoms with van der Waals surface area (Å²) in [5, 5.41) is 3.24. The minimum absolute atomic E-state index is 0.110. The molecule has 7 heteroatoms. The molecule has 0 saturated carbocycles. The lowest BCUT2D eigenvalue weighted by atomic mass is 10.1. The number of piperidine rings is 1. The van der Waals surface area contributed by atoms with Gasteiger partial charge in [0.05, 0.1) is 0 Å². The van der Waals surface area contributed by atoms with Crippen molar-refractivity contribution < 1.29 is 12.8 Å². The number of likely N-dealkylation sites (N-methyl/N-ethyl adjacent to an activating group) is 1. The molecule has 19 heavy (non-hydrogen) atoms. The van der Waals surface area contributed by atoms with Gasteiger partial charge in [-0.2, -0.15) is 4.31 Å². The molecule has 0 aromatic heterocycles. The third-order valence-electron chi connectivity index (χ3n) is 3.30. The Kier molecular flexibility index (Phi) is 4.45. The van der Waals surface area contributed by atoms with Gasteiger partial charge in [-0.25, -0.2) is 12.8 Å². The fourth-order valence-corrected chi connectivity index (χ4v) is 3.95. The molecule has 1 heterocycles. The molecule has 0 bridgehead atoms. The molecular formula is C12H16ClFN2O2S. The van der Waals surface area contributed by atoms with Gasteiger partial charge in [-0.05, 0) is 38.1 Å². The summed E-state index contributed by atoms with van der Waals surface area (Å²) in [7, 11) is -2.00. The standard InChI is InChI=1S/C12H16ClFN2O2S/c1-15-10-3-2-6-16(8-10)19(17,18)12-5-4-9(13)7-11(12)14/h4-5,7,10,15H,2-3,6,8H2,1H3/t10-/m0/s1. The highest BCUT2D eigenvalue weighted by atomic mass is 35.5. The van der Waals surface area contributed by atoms with Crippen molar-refractivity contribution in [1.29, 1.82) is 0 Å². The normalized spacial score (nSPS) is 21.5. The van der Waals surface area contributed by atoms with Crippen LogP contribution in [-0.2, 0) is 10.0 Å². The molecular weight excluding hydrogens is 291 g/mol. The lowest BCUT2D eigenvalue weighted by molar-refractivity contribution is 0.292. The Morgan fingerprint density at radius 1 is 1.47 bits per heavy atom. The number of benzene rings is 1. The largest absolute Gasteiger partial charge is 0.316 e. The molecule has 4 nitrogen and oxygen atoms in total. The van der Waals surface area contributed by atoms with Gasteiger partial charge in [0.15, 0.2) is 0 Å². The first-order chi connectivity index (χ1) is 8.95. The molecule has 1 N–H and O–H groups in total. The van der Waals surface area contributed by atoms with E-state index in [4.69, 9.17) is 11.6 Å². The van der Waals surface area contributed by atoms with E-state index < -0.39 is 15.8 Å². The van der Waals surface area contributed by atoms with Gasteiger partial charge in [0, 0.05) is 24.2 Å². The monoisotopic (exact) mass is 306 g/mol. The second-order valence-electron chi connectivity index (χ2n) is 4.57. The average molecular weight is 307 g/mol. The van der Waals surface area contributed by atoms with Crippen LogP contribution in [0.2, 0.25) is 5.02 Å². The number of hydrogen-bond acceptors (Lipinski definition) is 3. The molecule has 1 aromatic rings. The smallest absolute Gasteiger partial charge is 0.246 e. The Morgan fingerprint density at radius 2 is 2.21 bits per heavy atom. The predicted octanol–water partition coefficient (Wildman–Crippen LogP) is 1.85. The zero-order chi connectivity index (χ0) is 14.0. The van der Waals surface area contributed by atoms with Crippen molar-refractivity contribution >= 4 is 21.6 Å². The van der Waals surface area contributed by atoms with Gasteiger partial charge >= 0.3 is 0 Å². The number of hydrogen-bond donors (Lipinski definition) is 1. The van der Waals surface area contributed by atoms with E-state index in [1.54, 1.807) is 7.05 Å². The van der Waals surface area contributed by atoms with Gasteiger partial charge in [-0.3, -0.25) is 0 Å². The highest BCUT2D eigenvalue weighted by Crippen LogP contribution is 2.24. The van der Waals surface area contributed by atoms with Crippen molar-refractivity contribution in [2.45, 2.75) is 23.8 Å². The maximum Gasteiger partial charge on any atom is 0.246 e. The van der Waals surface area contributed by atoms with Crippen LogP contribution in [0.5, 0.6) is 0 Å². The van der Waals surface area contributed by atoms with Crippen LogP contribution in [0.3, 0.4) is 0 Å². The summed E-state index contributed by atoms with van der Waals surface area (Å²) in [4.78, 5) is -0.311. The summed E-state index contributed by atoms with van der Waals surface area (Å²) >= 11 is 5.64. The van der Waals surface area contributed by atoms with Gasteiger partial charge < -0.3 is 5.32 Å². The Morgan fingerprint density at radius 3 is 2.84 bits per heavy atom. The highest BCUT2D eigenvalue weighted by molar-refractivity contribution is 7.89. The first-order valence-corrected chi connectivity index (χ1v) is 7.89. The van der Waals surface area contributed by atoms with E-state index in [2.05, 4.69) is 5.32 Å². The molecule has 0 aliphatic carbocycles.